The van der Waals surface area contributed by atoms with Crippen LogP contribution in [0, 0.1) is 0 Å². The molecule has 0 aliphatic heterocycles. The highest BCUT2D eigenvalue weighted by molar-refractivity contribution is 7.80. The van der Waals surface area contributed by atoms with Crippen LogP contribution in [0.4, 0.5) is 0 Å². The molecule has 2 aromatic rings. The number of thiocarbonyl (C=S) groups is 1. The van der Waals surface area contributed by atoms with E-state index in [2.05, 4.69) is 9.88 Å². The normalized spacial score (nSPS) is 10.8. The average molecular weight is 304 g/mol. The van der Waals surface area contributed by atoms with Gasteiger partial charge in [-0.3, -0.25) is 4.90 Å². The Hall–Kier alpha value is -1.92. The van der Waals surface area contributed by atoms with E-state index in [0.29, 0.717) is 11.6 Å². The standard InChI is InChI=1S/C15H20N4OS/c1-18(11-14-17-6-7-19(14)2)8-9-20-13-5-3-4-12(10-13)15(16)21/h3-7,10H,8-9,11H2,1-2H3,(H2,16,21). The molecule has 0 saturated heterocycles. The van der Waals surface area contributed by atoms with Crippen LogP contribution in [0.3, 0.4) is 0 Å². The molecule has 0 unspecified atom stereocenters. The molecule has 0 radical (unpaired) electrons. The van der Waals surface area contributed by atoms with Crippen molar-refractivity contribution in [2.45, 2.75) is 6.54 Å². The summed E-state index contributed by atoms with van der Waals surface area (Å²) in [5, 5.41) is 0. The van der Waals surface area contributed by atoms with E-state index in [1.807, 2.05) is 49.1 Å². The van der Waals surface area contributed by atoms with Gasteiger partial charge in [-0.15, -0.1) is 0 Å². The summed E-state index contributed by atoms with van der Waals surface area (Å²) in [5.41, 5.74) is 6.43. The third-order valence-electron chi connectivity index (χ3n) is 3.19. The van der Waals surface area contributed by atoms with E-state index in [9.17, 15) is 0 Å². The van der Waals surface area contributed by atoms with Crippen molar-refractivity contribution in [1.82, 2.24) is 14.5 Å². The fraction of sp³-hybridized carbons (Fsp3) is 0.333. The first-order valence-electron chi connectivity index (χ1n) is 6.73. The number of aryl methyl sites for hydroxylation is 1. The van der Waals surface area contributed by atoms with Crippen molar-refractivity contribution in [3.63, 3.8) is 0 Å². The SMILES string of the molecule is CN(CCOc1cccc(C(N)=S)c1)Cc1nccn1C. The van der Waals surface area contributed by atoms with Gasteiger partial charge < -0.3 is 15.0 Å². The van der Waals surface area contributed by atoms with E-state index in [4.69, 9.17) is 22.7 Å². The molecule has 0 bridgehead atoms. The van der Waals surface area contributed by atoms with E-state index in [1.54, 1.807) is 6.20 Å². The van der Waals surface area contributed by atoms with Crippen LogP contribution in [0.1, 0.15) is 11.4 Å². The summed E-state index contributed by atoms with van der Waals surface area (Å²) in [6, 6.07) is 7.53. The third kappa shape index (κ3) is 4.54. The van der Waals surface area contributed by atoms with Crippen LogP contribution < -0.4 is 10.5 Å². The first-order valence-corrected chi connectivity index (χ1v) is 7.14. The average Bonchev–Trinajstić information content (AvgIpc) is 2.84. The van der Waals surface area contributed by atoms with Crippen molar-refractivity contribution in [2.24, 2.45) is 12.8 Å². The van der Waals surface area contributed by atoms with Crippen molar-refractivity contribution >= 4 is 17.2 Å². The lowest BCUT2D eigenvalue weighted by atomic mass is 10.2. The largest absolute Gasteiger partial charge is 0.492 e. The van der Waals surface area contributed by atoms with E-state index in [1.165, 1.54) is 0 Å². The highest BCUT2D eigenvalue weighted by atomic mass is 32.1. The number of rotatable bonds is 7. The molecule has 5 nitrogen and oxygen atoms in total. The second-order valence-corrected chi connectivity index (χ2v) is 5.37. The van der Waals surface area contributed by atoms with Gasteiger partial charge in [-0.25, -0.2) is 4.98 Å². The monoisotopic (exact) mass is 304 g/mol. The number of imidazole rings is 1. The molecule has 21 heavy (non-hydrogen) atoms. The van der Waals surface area contributed by atoms with Gasteiger partial charge in [0.05, 0.1) is 6.54 Å². The van der Waals surface area contributed by atoms with Crippen molar-refractivity contribution in [3.8, 4) is 5.75 Å². The lowest BCUT2D eigenvalue weighted by Gasteiger charge is -2.16. The molecule has 0 atom stereocenters. The minimum Gasteiger partial charge on any atom is -0.492 e. The summed E-state index contributed by atoms with van der Waals surface area (Å²) >= 11 is 4.96. The quantitative estimate of drug-likeness (QED) is 0.787. The molecule has 1 heterocycles. The van der Waals surface area contributed by atoms with Crippen LogP contribution in [0.2, 0.25) is 0 Å². The predicted molar refractivity (Wildman–Crippen MR) is 87.4 cm³/mol. The number of hydrogen-bond acceptors (Lipinski definition) is 4. The Bertz CT molecular complexity index is 611. The highest BCUT2D eigenvalue weighted by Gasteiger charge is 2.05. The van der Waals surface area contributed by atoms with Gasteiger partial charge in [0.1, 0.15) is 23.2 Å². The maximum atomic E-state index is 5.73. The number of nitrogens with two attached hydrogens (primary N) is 1. The molecule has 6 heteroatoms. The number of likely N-dealkylation sites (N-methyl/N-ethyl adjacent to an activating group) is 1. The maximum absolute atomic E-state index is 5.73. The Kier molecular flexibility index (Phi) is 5.30. The van der Waals surface area contributed by atoms with Gasteiger partial charge in [0.25, 0.3) is 0 Å². The molecule has 0 aliphatic rings. The molecule has 1 aromatic carbocycles. The molecular weight excluding hydrogens is 284 g/mol. The summed E-state index contributed by atoms with van der Waals surface area (Å²) in [5.74, 6) is 1.82. The molecule has 0 amide bonds. The Morgan fingerprint density at radius 3 is 2.95 bits per heavy atom. The minimum atomic E-state index is 0.382. The maximum Gasteiger partial charge on any atom is 0.122 e. The second kappa shape index (κ2) is 7.19. The van der Waals surface area contributed by atoms with Gasteiger partial charge in [-0.05, 0) is 19.2 Å². The molecule has 112 valence electrons. The summed E-state index contributed by atoms with van der Waals surface area (Å²) < 4.78 is 7.75. The van der Waals surface area contributed by atoms with E-state index in [0.717, 1.165) is 30.2 Å². The summed E-state index contributed by atoms with van der Waals surface area (Å²) in [4.78, 5) is 6.85. The zero-order valence-electron chi connectivity index (χ0n) is 12.3. The number of nitrogens with zero attached hydrogens (tertiary/aromatic N) is 3. The Morgan fingerprint density at radius 1 is 1.48 bits per heavy atom. The van der Waals surface area contributed by atoms with Crippen molar-refractivity contribution in [3.05, 3.63) is 48.0 Å². The highest BCUT2D eigenvalue weighted by Crippen LogP contribution is 2.13. The number of benzene rings is 1. The van der Waals surface area contributed by atoms with Gasteiger partial charge in [-0.1, -0.05) is 24.4 Å². The second-order valence-electron chi connectivity index (χ2n) is 4.93. The van der Waals surface area contributed by atoms with E-state index >= 15 is 0 Å². The molecule has 0 saturated carbocycles. The van der Waals surface area contributed by atoms with Crippen LogP contribution in [-0.4, -0.2) is 39.6 Å². The minimum absolute atomic E-state index is 0.382. The molecule has 0 fully saturated rings. The van der Waals surface area contributed by atoms with Crippen LogP contribution in [0.5, 0.6) is 5.75 Å². The Morgan fingerprint density at radius 2 is 2.29 bits per heavy atom. The topological polar surface area (TPSA) is 56.3 Å². The number of ether oxygens (including phenoxy) is 1. The van der Waals surface area contributed by atoms with Gasteiger partial charge in [0.2, 0.25) is 0 Å². The molecule has 0 spiro atoms. The van der Waals surface area contributed by atoms with Gasteiger partial charge in [0, 0.05) is 31.5 Å². The van der Waals surface area contributed by atoms with Gasteiger partial charge >= 0.3 is 0 Å². The van der Waals surface area contributed by atoms with Crippen LogP contribution in [0.15, 0.2) is 36.7 Å². The Balaban J connectivity index is 1.80. The first-order chi connectivity index (χ1) is 10.1. The predicted octanol–water partition coefficient (Wildman–Crippen LogP) is 1.57. The molecule has 0 aliphatic carbocycles. The molecule has 1 aromatic heterocycles. The van der Waals surface area contributed by atoms with Crippen molar-refractivity contribution < 1.29 is 4.74 Å². The van der Waals surface area contributed by atoms with Gasteiger partial charge in [0.15, 0.2) is 0 Å². The number of hydrogen-bond donors (Lipinski definition) is 1. The van der Waals surface area contributed by atoms with E-state index < -0.39 is 0 Å². The zero-order chi connectivity index (χ0) is 15.2. The Labute approximate surface area is 130 Å². The van der Waals surface area contributed by atoms with Crippen LogP contribution in [-0.2, 0) is 13.6 Å². The van der Waals surface area contributed by atoms with Crippen molar-refractivity contribution in [1.29, 1.82) is 0 Å². The molecule has 2 rings (SSSR count). The fourth-order valence-corrected chi connectivity index (χ4v) is 2.05. The summed E-state index contributed by atoms with van der Waals surface area (Å²) in [6.45, 7) is 2.20. The van der Waals surface area contributed by atoms with Crippen LogP contribution in [0.25, 0.3) is 0 Å². The third-order valence-corrected chi connectivity index (χ3v) is 3.43. The zero-order valence-corrected chi connectivity index (χ0v) is 13.1. The fourth-order valence-electron chi connectivity index (χ4n) is 1.93. The lowest BCUT2D eigenvalue weighted by Crippen LogP contribution is -2.25. The summed E-state index contributed by atoms with van der Waals surface area (Å²) in [7, 11) is 4.04. The first kappa shape index (κ1) is 15.5. The van der Waals surface area contributed by atoms with Crippen LogP contribution >= 0.6 is 12.2 Å². The van der Waals surface area contributed by atoms with Crippen molar-refractivity contribution in [2.75, 3.05) is 20.2 Å². The van der Waals surface area contributed by atoms with E-state index in [-0.39, 0.29) is 0 Å². The summed E-state index contributed by atoms with van der Waals surface area (Å²) in [6.07, 6.45) is 3.75. The lowest BCUT2D eigenvalue weighted by molar-refractivity contribution is 0.228. The van der Waals surface area contributed by atoms with Gasteiger partial charge in [-0.2, -0.15) is 0 Å². The molecular formula is C15H20N4OS. The number of aromatic nitrogens is 2. The smallest absolute Gasteiger partial charge is 0.122 e. The molecule has 2 N–H and O–H groups in total.